The van der Waals surface area contributed by atoms with E-state index in [1.165, 1.54) is 5.56 Å². The van der Waals surface area contributed by atoms with Gasteiger partial charge < -0.3 is 5.32 Å². The van der Waals surface area contributed by atoms with Gasteiger partial charge in [-0.05, 0) is 27.2 Å². The number of benzene rings is 1. The van der Waals surface area contributed by atoms with Gasteiger partial charge in [-0.1, -0.05) is 29.8 Å². The fourth-order valence-electron chi connectivity index (χ4n) is 3.03. The van der Waals surface area contributed by atoms with E-state index in [9.17, 15) is 13.2 Å². The lowest BCUT2D eigenvalue weighted by atomic mass is 10.1. The van der Waals surface area contributed by atoms with Gasteiger partial charge in [0.15, 0.2) is 9.84 Å². The van der Waals surface area contributed by atoms with Crippen molar-refractivity contribution in [3.63, 3.8) is 0 Å². The van der Waals surface area contributed by atoms with E-state index in [1.807, 2.05) is 32.9 Å². The van der Waals surface area contributed by atoms with Crippen LogP contribution in [0.5, 0.6) is 0 Å². The highest BCUT2D eigenvalue weighted by Crippen LogP contribution is 2.32. The van der Waals surface area contributed by atoms with Crippen molar-refractivity contribution in [1.82, 2.24) is 10.3 Å². The van der Waals surface area contributed by atoms with E-state index in [0.717, 1.165) is 21.1 Å². The highest BCUT2D eigenvalue weighted by molar-refractivity contribution is 7.91. The van der Waals surface area contributed by atoms with Gasteiger partial charge in [0.05, 0.1) is 34.0 Å². The quantitative estimate of drug-likeness (QED) is 0.887. The molecule has 0 saturated carbocycles. The maximum Gasteiger partial charge on any atom is 0.224 e. The summed E-state index contributed by atoms with van der Waals surface area (Å²) < 4.78 is 23.1. The molecular weight excluding hydrogens is 356 g/mol. The first kappa shape index (κ1) is 18.1. The van der Waals surface area contributed by atoms with Crippen molar-refractivity contribution in [2.24, 2.45) is 5.92 Å². The monoisotopic (exact) mass is 378 g/mol. The molecule has 1 aliphatic heterocycles. The van der Waals surface area contributed by atoms with Gasteiger partial charge in [-0.2, -0.15) is 0 Å². The second kappa shape index (κ2) is 6.88. The molecular formula is C18H22N2O3S2. The van der Waals surface area contributed by atoms with Crippen LogP contribution in [-0.4, -0.2) is 30.8 Å². The Morgan fingerprint density at radius 1 is 1.28 bits per heavy atom. The van der Waals surface area contributed by atoms with Crippen molar-refractivity contribution in [2.45, 2.75) is 33.2 Å². The lowest BCUT2D eigenvalue weighted by Crippen LogP contribution is -2.33. The van der Waals surface area contributed by atoms with E-state index >= 15 is 0 Å². The van der Waals surface area contributed by atoms with Crippen molar-refractivity contribution in [3.05, 3.63) is 40.4 Å². The maximum absolute atomic E-state index is 12.4. The molecule has 1 amide bonds. The van der Waals surface area contributed by atoms with Crippen LogP contribution in [0.1, 0.15) is 35.5 Å². The summed E-state index contributed by atoms with van der Waals surface area (Å²) in [6, 6.07) is 8.01. The van der Waals surface area contributed by atoms with Crippen LogP contribution in [0.2, 0.25) is 0 Å². The molecule has 5 nitrogen and oxygen atoms in total. The Labute approximate surface area is 152 Å². The minimum Gasteiger partial charge on any atom is -0.348 e. The van der Waals surface area contributed by atoms with Crippen molar-refractivity contribution in [3.8, 4) is 10.6 Å². The van der Waals surface area contributed by atoms with E-state index in [4.69, 9.17) is 0 Å². The Hall–Kier alpha value is -1.73. The van der Waals surface area contributed by atoms with Crippen molar-refractivity contribution in [2.75, 3.05) is 11.5 Å². The van der Waals surface area contributed by atoms with Crippen LogP contribution in [0.25, 0.3) is 10.6 Å². The third kappa shape index (κ3) is 4.10. The van der Waals surface area contributed by atoms with Gasteiger partial charge in [-0.25, -0.2) is 13.4 Å². The molecule has 1 aromatic heterocycles. The number of aryl methyl sites for hydroxylation is 2. The molecule has 0 radical (unpaired) electrons. The van der Waals surface area contributed by atoms with Gasteiger partial charge >= 0.3 is 0 Å². The van der Waals surface area contributed by atoms with Gasteiger partial charge in [0.25, 0.3) is 0 Å². The summed E-state index contributed by atoms with van der Waals surface area (Å²) in [5.41, 5.74) is 3.15. The van der Waals surface area contributed by atoms with Crippen LogP contribution in [0, 0.1) is 19.8 Å². The molecule has 7 heteroatoms. The zero-order chi connectivity index (χ0) is 18.2. The molecule has 1 aromatic carbocycles. The summed E-state index contributed by atoms with van der Waals surface area (Å²) in [5.74, 6) is -0.547. The van der Waals surface area contributed by atoms with E-state index < -0.39 is 15.8 Å². The number of carbonyl (C=O) groups excluding carboxylic acids is 1. The average Bonchev–Trinajstić information content (AvgIpc) is 3.10. The van der Waals surface area contributed by atoms with E-state index in [-0.39, 0.29) is 23.5 Å². The first-order valence-corrected chi connectivity index (χ1v) is 10.9. The van der Waals surface area contributed by atoms with Crippen LogP contribution in [0.15, 0.2) is 24.3 Å². The van der Waals surface area contributed by atoms with Crippen molar-refractivity contribution < 1.29 is 13.2 Å². The van der Waals surface area contributed by atoms with E-state index in [2.05, 4.69) is 22.4 Å². The summed E-state index contributed by atoms with van der Waals surface area (Å²) in [7, 11) is -3.06. The molecule has 134 valence electrons. The molecule has 0 aliphatic carbocycles. The number of sulfone groups is 1. The lowest BCUT2D eigenvalue weighted by molar-refractivity contribution is -0.124. The molecule has 1 N–H and O–H groups in total. The van der Waals surface area contributed by atoms with Gasteiger partial charge in [0.2, 0.25) is 5.91 Å². The molecule has 0 spiro atoms. The van der Waals surface area contributed by atoms with Crippen LogP contribution in [0.4, 0.5) is 0 Å². The molecule has 1 aliphatic rings. The molecule has 2 atom stereocenters. The number of thiazole rings is 1. The molecule has 1 fully saturated rings. The summed E-state index contributed by atoms with van der Waals surface area (Å²) in [6.45, 7) is 5.90. The number of hydrogen-bond acceptors (Lipinski definition) is 5. The summed E-state index contributed by atoms with van der Waals surface area (Å²) in [6.07, 6.45) is 0.414. The number of rotatable bonds is 4. The molecule has 3 rings (SSSR count). The Bertz CT molecular complexity index is 886. The number of amides is 1. The predicted octanol–water partition coefficient (Wildman–Crippen LogP) is 3.04. The molecule has 2 unspecified atom stereocenters. The minimum absolute atomic E-state index is 0.0398. The van der Waals surface area contributed by atoms with Crippen LogP contribution in [-0.2, 0) is 14.6 Å². The predicted molar refractivity (Wildman–Crippen MR) is 100 cm³/mol. The first-order valence-electron chi connectivity index (χ1n) is 8.30. The lowest BCUT2D eigenvalue weighted by Gasteiger charge is -2.15. The third-order valence-corrected chi connectivity index (χ3v) is 7.64. The summed E-state index contributed by atoms with van der Waals surface area (Å²) >= 11 is 1.57. The summed E-state index contributed by atoms with van der Waals surface area (Å²) in [5, 5.41) is 3.89. The molecule has 2 heterocycles. The van der Waals surface area contributed by atoms with Gasteiger partial charge in [-0.15, -0.1) is 11.3 Å². The van der Waals surface area contributed by atoms with E-state index in [1.54, 1.807) is 11.3 Å². The zero-order valence-corrected chi connectivity index (χ0v) is 16.2. The maximum atomic E-state index is 12.4. The standard InChI is InChI=1S/C18H22N2O3S2/c1-11-4-6-14(7-5-11)18-20-13(3)16(24-18)12(2)19-17(21)15-8-9-25(22,23)10-15/h4-7,12,15H,8-10H2,1-3H3,(H,19,21). The highest BCUT2D eigenvalue weighted by atomic mass is 32.2. The average molecular weight is 379 g/mol. The van der Waals surface area contributed by atoms with Gasteiger partial charge in [0.1, 0.15) is 5.01 Å². The number of hydrogen-bond donors (Lipinski definition) is 1. The fraction of sp³-hybridized carbons (Fsp3) is 0.444. The normalized spacial score (nSPS) is 20.4. The largest absolute Gasteiger partial charge is 0.348 e. The van der Waals surface area contributed by atoms with Gasteiger partial charge in [-0.3, -0.25) is 4.79 Å². The summed E-state index contributed by atoms with van der Waals surface area (Å²) in [4.78, 5) is 18.0. The topological polar surface area (TPSA) is 76.1 Å². The first-order chi connectivity index (χ1) is 11.7. The minimum atomic E-state index is -3.06. The number of nitrogens with zero attached hydrogens (tertiary/aromatic N) is 1. The van der Waals surface area contributed by atoms with Crippen molar-refractivity contribution in [1.29, 1.82) is 0 Å². The Balaban J connectivity index is 1.73. The second-order valence-electron chi connectivity index (χ2n) is 6.66. The van der Waals surface area contributed by atoms with Crippen LogP contribution >= 0.6 is 11.3 Å². The number of nitrogens with one attached hydrogen (secondary N) is 1. The number of aromatic nitrogens is 1. The van der Waals surface area contributed by atoms with Crippen molar-refractivity contribution >= 4 is 27.1 Å². The zero-order valence-electron chi connectivity index (χ0n) is 14.6. The highest BCUT2D eigenvalue weighted by Gasteiger charge is 2.33. The number of carbonyl (C=O) groups is 1. The van der Waals surface area contributed by atoms with E-state index in [0.29, 0.717) is 6.42 Å². The third-order valence-electron chi connectivity index (χ3n) is 4.49. The van der Waals surface area contributed by atoms with Crippen LogP contribution < -0.4 is 5.32 Å². The Morgan fingerprint density at radius 3 is 2.56 bits per heavy atom. The molecule has 2 aromatic rings. The fourth-order valence-corrected chi connectivity index (χ4v) is 5.84. The Kier molecular flexibility index (Phi) is 4.97. The van der Waals surface area contributed by atoms with Crippen LogP contribution in [0.3, 0.4) is 0 Å². The second-order valence-corrected chi connectivity index (χ2v) is 9.92. The smallest absolute Gasteiger partial charge is 0.224 e. The molecule has 25 heavy (non-hydrogen) atoms. The SMILES string of the molecule is Cc1ccc(-c2nc(C)c(C(C)NC(=O)C3CCS(=O)(=O)C3)s2)cc1. The Morgan fingerprint density at radius 2 is 1.96 bits per heavy atom. The van der Waals surface area contributed by atoms with Gasteiger partial charge in [0, 0.05) is 5.56 Å². The molecule has 0 bridgehead atoms. The molecule has 1 saturated heterocycles.